The number of methoxy groups -OCH3 is 1. The monoisotopic (exact) mass is 417 g/mol. The third kappa shape index (κ3) is 4.14. The summed E-state index contributed by atoms with van der Waals surface area (Å²) in [5.74, 6) is 1.51. The number of ether oxygens (including phenoxy) is 1. The fourth-order valence-corrected chi connectivity index (χ4v) is 3.74. The van der Waals surface area contributed by atoms with Crippen LogP contribution in [0.5, 0.6) is 11.5 Å². The first-order valence-electron chi connectivity index (χ1n) is 9.64. The van der Waals surface area contributed by atoms with Crippen LogP contribution in [-0.2, 0) is 12.7 Å². The van der Waals surface area contributed by atoms with Gasteiger partial charge >= 0.3 is 6.18 Å². The zero-order valence-electron chi connectivity index (χ0n) is 16.5. The summed E-state index contributed by atoms with van der Waals surface area (Å²) in [6, 6.07) is 11.8. The molecule has 1 saturated heterocycles. The molecule has 2 aromatic carbocycles. The normalized spacial score (nSPS) is 15.5. The van der Waals surface area contributed by atoms with Crippen molar-refractivity contribution in [1.82, 2.24) is 9.88 Å². The van der Waals surface area contributed by atoms with Crippen LogP contribution in [0.15, 0.2) is 48.7 Å². The second-order valence-electron chi connectivity index (χ2n) is 7.32. The maximum atomic E-state index is 12.7. The Labute approximate surface area is 172 Å². The number of fused-ring (bicyclic) bond motifs is 1. The van der Waals surface area contributed by atoms with E-state index in [1.807, 2.05) is 29.2 Å². The van der Waals surface area contributed by atoms with Gasteiger partial charge in [0.25, 0.3) is 0 Å². The van der Waals surface area contributed by atoms with Crippen LogP contribution >= 0.6 is 0 Å². The van der Waals surface area contributed by atoms with Gasteiger partial charge in [-0.1, -0.05) is 12.1 Å². The van der Waals surface area contributed by atoms with Crippen molar-refractivity contribution in [2.45, 2.75) is 12.7 Å². The summed E-state index contributed by atoms with van der Waals surface area (Å²) in [4.78, 5) is 8.18. The summed E-state index contributed by atoms with van der Waals surface area (Å²) in [5.41, 5.74) is 0.0965. The second kappa shape index (κ2) is 8.02. The standard InChI is InChI=1S/C22H22F3N3O2/c1-30-17-5-2-15-3-6-20(29)19(18(15)12-17)14-27-8-10-28(11-9-27)21-7-4-16(13-26-21)22(23,24)25/h2-7,12-13,29H,8-11,14H2,1H3. The highest BCUT2D eigenvalue weighted by Gasteiger charge is 2.31. The number of hydrogen-bond donors (Lipinski definition) is 1. The van der Waals surface area contributed by atoms with Gasteiger partial charge < -0.3 is 14.7 Å². The molecule has 158 valence electrons. The van der Waals surface area contributed by atoms with Crippen LogP contribution < -0.4 is 9.64 Å². The number of rotatable bonds is 4. The molecule has 0 aliphatic carbocycles. The number of piperazine rings is 1. The number of phenolic OH excluding ortho intramolecular Hbond substituents is 1. The van der Waals surface area contributed by atoms with Crippen LogP contribution in [0.3, 0.4) is 0 Å². The molecule has 1 aliphatic rings. The van der Waals surface area contributed by atoms with E-state index >= 15 is 0 Å². The molecule has 0 atom stereocenters. The van der Waals surface area contributed by atoms with E-state index < -0.39 is 11.7 Å². The largest absolute Gasteiger partial charge is 0.508 e. The highest BCUT2D eigenvalue weighted by Crippen LogP contribution is 2.32. The molecule has 1 aliphatic heterocycles. The smallest absolute Gasteiger partial charge is 0.417 e. The predicted octanol–water partition coefficient (Wildman–Crippen LogP) is 4.29. The highest BCUT2D eigenvalue weighted by molar-refractivity contribution is 5.89. The van der Waals surface area contributed by atoms with E-state index in [0.717, 1.165) is 34.3 Å². The van der Waals surface area contributed by atoms with E-state index in [-0.39, 0.29) is 5.75 Å². The lowest BCUT2D eigenvalue weighted by molar-refractivity contribution is -0.137. The van der Waals surface area contributed by atoms with Gasteiger partial charge in [-0.3, -0.25) is 4.90 Å². The maximum absolute atomic E-state index is 12.7. The van der Waals surface area contributed by atoms with E-state index in [1.54, 1.807) is 13.2 Å². The molecule has 0 saturated carbocycles. The van der Waals surface area contributed by atoms with Gasteiger partial charge in [0, 0.05) is 44.5 Å². The zero-order chi connectivity index (χ0) is 21.3. The Morgan fingerprint density at radius 2 is 1.77 bits per heavy atom. The molecule has 30 heavy (non-hydrogen) atoms. The van der Waals surface area contributed by atoms with Gasteiger partial charge in [0.05, 0.1) is 12.7 Å². The summed E-state index contributed by atoms with van der Waals surface area (Å²) < 4.78 is 43.5. The van der Waals surface area contributed by atoms with Crippen molar-refractivity contribution in [2.75, 3.05) is 38.2 Å². The topological polar surface area (TPSA) is 48.8 Å². The number of halogens is 3. The van der Waals surface area contributed by atoms with Crippen LogP contribution in [0.4, 0.5) is 19.0 Å². The lowest BCUT2D eigenvalue weighted by Crippen LogP contribution is -2.46. The number of anilines is 1. The molecule has 0 amide bonds. The number of aromatic nitrogens is 1. The van der Waals surface area contributed by atoms with Crippen molar-refractivity contribution >= 4 is 16.6 Å². The lowest BCUT2D eigenvalue weighted by Gasteiger charge is -2.35. The van der Waals surface area contributed by atoms with Crippen LogP contribution in [0, 0.1) is 0 Å². The van der Waals surface area contributed by atoms with E-state index in [9.17, 15) is 18.3 Å². The predicted molar refractivity (Wildman–Crippen MR) is 109 cm³/mol. The molecule has 2 heterocycles. The Balaban J connectivity index is 1.46. The average Bonchev–Trinajstić information content (AvgIpc) is 2.75. The van der Waals surface area contributed by atoms with Crippen molar-refractivity contribution in [3.05, 3.63) is 59.8 Å². The molecule has 1 N–H and O–H groups in total. The summed E-state index contributed by atoms with van der Waals surface area (Å²) in [6.07, 6.45) is -3.50. The number of hydrogen-bond acceptors (Lipinski definition) is 5. The van der Waals surface area contributed by atoms with E-state index in [4.69, 9.17) is 4.74 Å². The van der Waals surface area contributed by atoms with Crippen molar-refractivity contribution < 1.29 is 23.0 Å². The Morgan fingerprint density at radius 3 is 2.40 bits per heavy atom. The molecule has 1 aromatic heterocycles. The van der Waals surface area contributed by atoms with E-state index in [2.05, 4.69) is 9.88 Å². The Hall–Kier alpha value is -3.00. The SMILES string of the molecule is COc1ccc2ccc(O)c(CN3CCN(c4ccc(C(F)(F)F)cn4)CC3)c2c1. The summed E-state index contributed by atoms with van der Waals surface area (Å²) in [6.45, 7) is 3.29. The molecule has 0 spiro atoms. The molecule has 4 rings (SSSR count). The van der Waals surface area contributed by atoms with Crippen molar-refractivity contribution in [2.24, 2.45) is 0 Å². The number of nitrogens with zero attached hydrogens (tertiary/aromatic N) is 3. The molecule has 0 radical (unpaired) electrons. The van der Waals surface area contributed by atoms with Crippen molar-refractivity contribution in [3.63, 3.8) is 0 Å². The van der Waals surface area contributed by atoms with Gasteiger partial charge in [0.2, 0.25) is 0 Å². The number of phenols is 1. The maximum Gasteiger partial charge on any atom is 0.417 e. The minimum Gasteiger partial charge on any atom is -0.508 e. The highest BCUT2D eigenvalue weighted by atomic mass is 19.4. The molecule has 8 heteroatoms. The van der Waals surface area contributed by atoms with Crippen LogP contribution in [0.2, 0.25) is 0 Å². The third-order valence-corrected chi connectivity index (χ3v) is 5.47. The first-order valence-corrected chi connectivity index (χ1v) is 9.64. The summed E-state index contributed by atoms with van der Waals surface area (Å²) in [5, 5.41) is 12.4. The fourth-order valence-electron chi connectivity index (χ4n) is 3.74. The summed E-state index contributed by atoms with van der Waals surface area (Å²) >= 11 is 0. The number of aromatic hydroxyl groups is 1. The first-order chi connectivity index (χ1) is 14.3. The second-order valence-corrected chi connectivity index (χ2v) is 7.32. The van der Waals surface area contributed by atoms with Crippen molar-refractivity contribution in [3.8, 4) is 11.5 Å². The Kier molecular flexibility index (Phi) is 5.42. The van der Waals surface area contributed by atoms with E-state index in [1.165, 1.54) is 6.07 Å². The number of pyridine rings is 1. The molecule has 3 aromatic rings. The molecule has 0 bridgehead atoms. The third-order valence-electron chi connectivity index (χ3n) is 5.47. The van der Waals surface area contributed by atoms with Gasteiger partial charge in [-0.15, -0.1) is 0 Å². The van der Waals surface area contributed by atoms with E-state index in [0.29, 0.717) is 38.5 Å². The minimum absolute atomic E-state index is 0.239. The minimum atomic E-state index is -4.38. The van der Waals surface area contributed by atoms with Gasteiger partial charge in [0.15, 0.2) is 0 Å². The van der Waals surface area contributed by atoms with Crippen LogP contribution in [0.1, 0.15) is 11.1 Å². The molecule has 0 unspecified atom stereocenters. The average molecular weight is 417 g/mol. The number of alkyl halides is 3. The molecular formula is C22H22F3N3O2. The van der Waals surface area contributed by atoms with Gasteiger partial charge in [0.1, 0.15) is 17.3 Å². The molecule has 5 nitrogen and oxygen atoms in total. The molecular weight excluding hydrogens is 395 g/mol. The van der Waals surface area contributed by atoms with Crippen LogP contribution in [0.25, 0.3) is 10.8 Å². The quantitative estimate of drug-likeness (QED) is 0.686. The zero-order valence-corrected chi connectivity index (χ0v) is 16.5. The Bertz CT molecular complexity index is 1030. The Morgan fingerprint density at radius 1 is 1.03 bits per heavy atom. The van der Waals surface area contributed by atoms with Gasteiger partial charge in [-0.2, -0.15) is 13.2 Å². The fraction of sp³-hybridized carbons (Fsp3) is 0.318. The number of benzene rings is 2. The van der Waals surface area contributed by atoms with Crippen LogP contribution in [-0.4, -0.2) is 48.3 Å². The van der Waals surface area contributed by atoms with Gasteiger partial charge in [-0.05, 0) is 41.1 Å². The summed E-state index contributed by atoms with van der Waals surface area (Å²) in [7, 11) is 1.61. The first kappa shape index (κ1) is 20.3. The van der Waals surface area contributed by atoms with Gasteiger partial charge in [-0.25, -0.2) is 4.98 Å². The van der Waals surface area contributed by atoms with Crippen molar-refractivity contribution in [1.29, 1.82) is 0 Å². The molecule has 1 fully saturated rings. The lowest BCUT2D eigenvalue weighted by atomic mass is 10.0.